The predicted molar refractivity (Wildman–Crippen MR) is 77.4 cm³/mol. The molecule has 1 aliphatic heterocycles. The van der Waals surface area contributed by atoms with Gasteiger partial charge in [-0.1, -0.05) is 0 Å². The molecule has 0 radical (unpaired) electrons. The molecule has 6 heteroatoms. The standard InChI is InChI=1S/C13H24N2O3S/c1-10(5-8-19-2)14-9-12(16)15-6-3-11(4-7-15)13(17)18/h10-11,14H,3-9H2,1-2H3,(H,17,18). The minimum Gasteiger partial charge on any atom is -0.481 e. The van der Waals surface area contributed by atoms with Gasteiger partial charge in [-0.3, -0.25) is 9.59 Å². The van der Waals surface area contributed by atoms with Gasteiger partial charge in [0, 0.05) is 19.1 Å². The van der Waals surface area contributed by atoms with Gasteiger partial charge in [-0.05, 0) is 38.2 Å². The number of carbonyl (C=O) groups is 2. The van der Waals surface area contributed by atoms with Gasteiger partial charge in [0.25, 0.3) is 0 Å². The molecule has 1 heterocycles. The van der Waals surface area contributed by atoms with E-state index in [0.29, 0.717) is 38.5 Å². The van der Waals surface area contributed by atoms with Crippen molar-refractivity contribution in [2.24, 2.45) is 5.92 Å². The fourth-order valence-electron chi connectivity index (χ4n) is 2.15. The fraction of sp³-hybridized carbons (Fsp3) is 0.846. The Balaban J connectivity index is 2.22. The van der Waals surface area contributed by atoms with Gasteiger partial charge in [0.15, 0.2) is 0 Å². The van der Waals surface area contributed by atoms with E-state index in [1.807, 2.05) is 0 Å². The van der Waals surface area contributed by atoms with E-state index >= 15 is 0 Å². The number of carboxylic acid groups (broad SMARTS) is 1. The third kappa shape index (κ3) is 5.82. The Morgan fingerprint density at radius 2 is 2.05 bits per heavy atom. The van der Waals surface area contributed by atoms with Gasteiger partial charge in [-0.25, -0.2) is 0 Å². The number of nitrogens with zero attached hydrogens (tertiary/aromatic N) is 1. The largest absolute Gasteiger partial charge is 0.481 e. The number of carbonyl (C=O) groups excluding carboxylic acids is 1. The van der Waals surface area contributed by atoms with Crippen LogP contribution in [0.5, 0.6) is 0 Å². The van der Waals surface area contributed by atoms with Gasteiger partial charge >= 0.3 is 5.97 Å². The van der Waals surface area contributed by atoms with E-state index in [1.165, 1.54) is 0 Å². The number of nitrogens with one attached hydrogen (secondary N) is 1. The number of hydrogen-bond acceptors (Lipinski definition) is 4. The molecule has 1 aliphatic rings. The summed E-state index contributed by atoms with van der Waals surface area (Å²) < 4.78 is 0. The zero-order valence-corrected chi connectivity index (χ0v) is 12.5. The van der Waals surface area contributed by atoms with E-state index in [1.54, 1.807) is 16.7 Å². The number of amides is 1. The van der Waals surface area contributed by atoms with Crippen LogP contribution >= 0.6 is 11.8 Å². The SMILES string of the molecule is CSCCC(C)NCC(=O)N1CCC(C(=O)O)CC1. The summed E-state index contributed by atoms with van der Waals surface area (Å²) in [5, 5.41) is 12.1. The molecule has 1 amide bonds. The Bertz CT molecular complexity index is 304. The molecule has 1 rings (SSSR count). The van der Waals surface area contributed by atoms with E-state index in [0.717, 1.165) is 12.2 Å². The highest BCUT2D eigenvalue weighted by Gasteiger charge is 2.26. The number of likely N-dealkylation sites (tertiary alicyclic amines) is 1. The lowest BCUT2D eigenvalue weighted by atomic mass is 9.97. The molecule has 0 aliphatic carbocycles. The first-order valence-corrected chi connectivity index (χ1v) is 8.17. The first-order chi connectivity index (χ1) is 9.04. The summed E-state index contributed by atoms with van der Waals surface area (Å²) in [5.41, 5.74) is 0. The quantitative estimate of drug-likeness (QED) is 0.732. The summed E-state index contributed by atoms with van der Waals surface area (Å²) in [6, 6.07) is 0.341. The maximum atomic E-state index is 12.0. The smallest absolute Gasteiger partial charge is 0.306 e. The summed E-state index contributed by atoms with van der Waals surface area (Å²) in [5.74, 6) is 0.153. The van der Waals surface area contributed by atoms with E-state index in [4.69, 9.17) is 5.11 Å². The van der Waals surface area contributed by atoms with E-state index < -0.39 is 5.97 Å². The van der Waals surface area contributed by atoms with Gasteiger partial charge in [0.1, 0.15) is 0 Å². The molecule has 1 saturated heterocycles. The van der Waals surface area contributed by atoms with Crippen LogP contribution in [0.2, 0.25) is 0 Å². The van der Waals surface area contributed by atoms with Gasteiger partial charge in [-0.2, -0.15) is 11.8 Å². The molecule has 0 saturated carbocycles. The van der Waals surface area contributed by atoms with Gasteiger partial charge in [0.2, 0.25) is 5.91 Å². The maximum absolute atomic E-state index is 12.0. The molecule has 1 fully saturated rings. The van der Waals surface area contributed by atoms with Crippen molar-refractivity contribution in [3.05, 3.63) is 0 Å². The lowest BCUT2D eigenvalue weighted by Gasteiger charge is -2.30. The second-order valence-corrected chi connectivity index (χ2v) is 6.04. The topological polar surface area (TPSA) is 69.6 Å². The number of carboxylic acids is 1. The summed E-state index contributed by atoms with van der Waals surface area (Å²) in [6.07, 6.45) is 4.27. The van der Waals surface area contributed by atoms with Crippen molar-refractivity contribution >= 4 is 23.6 Å². The third-order valence-electron chi connectivity index (χ3n) is 3.55. The van der Waals surface area contributed by atoms with Crippen LogP contribution in [0.1, 0.15) is 26.2 Å². The highest BCUT2D eigenvalue weighted by atomic mass is 32.2. The molecule has 1 atom stereocenters. The Kier molecular flexibility index (Phi) is 7.23. The van der Waals surface area contributed by atoms with Gasteiger partial charge < -0.3 is 15.3 Å². The number of hydrogen-bond donors (Lipinski definition) is 2. The highest BCUT2D eigenvalue weighted by Crippen LogP contribution is 2.17. The Labute approximate surface area is 119 Å². The van der Waals surface area contributed by atoms with Crippen LogP contribution in [0.3, 0.4) is 0 Å². The Morgan fingerprint density at radius 1 is 1.42 bits per heavy atom. The van der Waals surface area contributed by atoms with Gasteiger partial charge in [-0.15, -0.1) is 0 Å². The van der Waals surface area contributed by atoms with Crippen LogP contribution in [0.15, 0.2) is 0 Å². The second-order valence-electron chi connectivity index (χ2n) is 5.06. The van der Waals surface area contributed by atoms with E-state index in [-0.39, 0.29) is 11.8 Å². The van der Waals surface area contributed by atoms with Crippen molar-refractivity contribution in [3.63, 3.8) is 0 Å². The highest BCUT2D eigenvalue weighted by molar-refractivity contribution is 7.98. The Hall–Kier alpha value is -0.750. The van der Waals surface area contributed by atoms with E-state index in [9.17, 15) is 9.59 Å². The van der Waals surface area contributed by atoms with Crippen molar-refractivity contribution < 1.29 is 14.7 Å². The van der Waals surface area contributed by atoms with Crippen LogP contribution in [0, 0.1) is 5.92 Å². The average molecular weight is 288 g/mol. The first-order valence-electron chi connectivity index (χ1n) is 6.77. The van der Waals surface area contributed by atoms with Crippen molar-refractivity contribution in [1.29, 1.82) is 0 Å². The molecule has 2 N–H and O–H groups in total. The summed E-state index contributed by atoms with van der Waals surface area (Å²) in [4.78, 5) is 24.6. The molecule has 0 bridgehead atoms. The molecule has 0 aromatic carbocycles. The molecular weight excluding hydrogens is 264 g/mol. The molecule has 110 valence electrons. The number of piperidine rings is 1. The molecule has 0 spiro atoms. The second kappa shape index (κ2) is 8.43. The van der Waals surface area contributed by atoms with Crippen molar-refractivity contribution in [1.82, 2.24) is 10.2 Å². The summed E-state index contributed by atoms with van der Waals surface area (Å²) >= 11 is 1.80. The zero-order valence-electron chi connectivity index (χ0n) is 11.7. The van der Waals surface area contributed by atoms with Crippen molar-refractivity contribution in [2.75, 3.05) is 31.6 Å². The molecule has 0 aromatic rings. The van der Waals surface area contributed by atoms with Crippen molar-refractivity contribution in [2.45, 2.75) is 32.2 Å². The minimum absolute atomic E-state index is 0.0832. The summed E-state index contributed by atoms with van der Waals surface area (Å²) in [6.45, 7) is 3.57. The molecule has 19 heavy (non-hydrogen) atoms. The van der Waals surface area contributed by atoms with Crippen LogP contribution < -0.4 is 5.32 Å². The lowest BCUT2D eigenvalue weighted by molar-refractivity contribution is -0.145. The van der Waals surface area contributed by atoms with Crippen LogP contribution in [0.4, 0.5) is 0 Å². The summed E-state index contributed by atoms with van der Waals surface area (Å²) in [7, 11) is 0. The number of rotatable bonds is 7. The van der Waals surface area contributed by atoms with Crippen molar-refractivity contribution in [3.8, 4) is 0 Å². The molecule has 1 unspecified atom stereocenters. The first kappa shape index (κ1) is 16.3. The fourth-order valence-corrected chi connectivity index (χ4v) is 2.74. The maximum Gasteiger partial charge on any atom is 0.306 e. The van der Waals surface area contributed by atoms with Crippen LogP contribution in [-0.2, 0) is 9.59 Å². The normalized spacial score (nSPS) is 18.3. The minimum atomic E-state index is -0.740. The predicted octanol–water partition coefficient (Wildman–Crippen LogP) is 1.04. The monoisotopic (exact) mass is 288 g/mol. The molecule has 5 nitrogen and oxygen atoms in total. The third-order valence-corrected chi connectivity index (χ3v) is 4.20. The van der Waals surface area contributed by atoms with Gasteiger partial charge in [0.05, 0.1) is 12.5 Å². The molecular formula is C13H24N2O3S. The van der Waals surface area contributed by atoms with Crippen LogP contribution in [-0.4, -0.2) is 59.6 Å². The number of thioether (sulfide) groups is 1. The van der Waals surface area contributed by atoms with E-state index in [2.05, 4.69) is 18.5 Å². The molecule has 0 aromatic heterocycles. The Morgan fingerprint density at radius 3 is 2.58 bits per heavy atom. The number of aliphatic carboxylic acids is 1. The average Bonchev–Trinajstić information content (AvgIpc) is 2.42. The zero-order chi connectivity index (χ0) is 14.3. The van der Waals surface area contributed by atoms with Crippen LogP contribution in [0.25, 0.3) is 0 Å². The lowest BCUT2D eigenvalue weighted by Crippen LogP contribution is -2.45.